The van der Waals surface area contributed by atoms with Crippen molar-refractivity contribution in [1.82, 2.24) is 25.4 Å². The van der Waals surface area contributed by atoms with Crippen LogP contribution in [0, 0.1) is 0 Å². The summed E-state index contributed by atoms with van der Waals surface area (Å²) in [7, 11) is 0. The molecule has 1 aromatic carbocycles. The van der Waals surface area contributed by atoms with Gasteiger partial charge < -0.3 is 15.7 Å². The maximum absolute atomic E-state index is 12.4. The Morgan fingerprint density at radius 2 is 2.20 bits per heavy atom. The number of aryl methyl sites for hydroxylation is 2. The molecule has 25 heavy (non-hydrogen) atoms. The fourth-order valence-electron chi connectivity index (χ4n) is 3.13. The lowest BCUT2D eigenvalue weighted by Gasteiger charge is -2.24. The number of fused-ring (bicyclic) bond motifs is 1. The Kier molecular flexibility index (Phi) is 5.65. The molecule has 1 aliphatic rings. The molecule has 134 valence electrons. The fraction of sp³-hybridized carbons (Fsp3) is 0.500. The molecule has 3 rings (SSSR count). The fourth-order valence-corrected chi connectivity index (χ4v) is 3.13. The SMILES string of the molecule is CCc1nc2n(n1)CCCC2NC(=O)NC(CO)Cc1ccccc1. The van der Waals surface area contributed by atoms with Crippen molar-refractivity contribution in [2.45, 2.75) is 51.2 Å². The first-order chi connectivity index (χ1) is 12.2. The van der Waals surface area contributed by atoms with Gasteiger partial charge in [-0.25, -0.2) is 14.5 Å². The third kappa shape index (κ3) is 4.36. The van der Waals surface area contributed by atoms with Gasteiger partial charge in [0.1, 0.15) is 5.82 Å². The molecule has 1 aromatic heterocycles. The minimum Gasteiger partial charge on any atom is -0.394 e. The van der Waals surface area contributed by atoms with Crippen molar-refractivity contribution in [3.63, 3.8) is 0 Å². The number of urea groups is 1. The zero-order valence-electron chi connectivity index (χ0n) is 14.5. The molecule has 2 aromatic rings. The van der Waals surface area contributed by atoms with Gasteiger partial charge in [-0.3, -0.25) is 0 Å². The molecule has 7 heteroatoms. The predicted molar refractivity (Wildman–Crippen MR) is 94.1 cm³/mol. The second-order valence-electron chi connectivity index (χ2n) is 6.34. The zero-order valence-corrected chi connectivity index (χ0v) is 14.5. The van der Waals surface area contributed by atoms with Crippen LogP contribution >= 0.6 is 0 Å². The Bertz CT molecular complexity index is 701. The van der Waals surface area contributed by atoms with Gasteiger partial charge in [0.2, 0.25) is 0 Å². The second kappa shape index (κ2) is 8.11. The van der Waals surface area contributed by atoms with Crippen molar-refractivity contribution >= 4 is 6.03 Å². The molecule has 0 fully saturated rings. The molecule has 2 amide bonds. The second-order valence-corrected chi connectivity index (χ2v) is 6.34. The van der Waals surface area contributed by atoms with E-state index in [0.717, 1.165) is 43.0 Å². The highest BCUT2D eigenvalue weighted by atomic mass is 16.3. The summed E-state index contributed by atoms with van der Waals surface area (Å²) < 4.78 is 1.89. The number of carbonyl (C=O) groups excluding carboxylic acids is 1. The Balaban J connectivity index is 1.59. The smallest absolute Gasteiger partial charge is 0.315 e. The highest BCUT2D eigenvalue weighted by molar-refractivity contribution is 5.74. The number of amides is 2. The molecule has 2 atom stereocenters. The molecule has 1 aliphatic heterocycles. The molecular weight excluding hydrogens is 318 g/mol. The van der Waals surface area contributed by atoms with Gasteiger partial charge in [0.05, 0.1) is 18.7 Å². The van der Waals surface area contributed by atoms with Crippen molar-refractivity contribution in [2.75, 3.05) is 6.61 Å². The van der Waals surface area contributed by atoms with E-state index in [-0.39, 0.29) is 24.7 Å². The van der Waals surface area contributed by atoms with Gasteiger partial charge in [0.25, 0.3) is 0 Å². The van der Waals surface area contributed by atoms with Gasteiger partial charge in [-0.2, -0.15) is 5.10 Å². The number of aliphatic hydroxyl groups is 1. The highest BCUT2D eigenvalue weighted by Crippen LogP contribution is 2.23. The van der Waals surface area contributed by atoms with Crippen LogP contribution < -0.4 is 10.6 Å². The number of carbonyl (C=O) groups is 1. The van der Waals surface area contributed by atoms with E-state index in [2.05, 4.69) is 20.7 Å². The molecule has 0 aliphatic carbocycles. The molecule has 0 spiro atoms. The van der Waals surface area contributed by atoms with Crippen LogP contribution in [0.15, 0.2) is 30.3 Å². The number of nitrogens with one attached hydrogen (secondary N) is 2. The summed E-state index contributed by atoms with van der Waals surface area (Å²) in [6.07, 6.45) is 3.17. The first kappa shape index (κ1) is 17.4. The lowest BCUT2D eigenvalue weighted by molar-refractivity contribution is 0.210. The van der Waals surface area contributed by atoms with Crippen LogP contribution in [0.2, 0.25) is 0 Å². The Hall–Kier alpha value is -2.41. The van der Waals surface area contributed by atoms with Crippen LogP contribution in [0.4, 0.5) is 4.79 Å². The summed E-state index contributed by atoms with van der Waals surface area (Å²) in [5, 5.41) is 19.9. The zero-order chi connectivity index (χ0) is 17.6. The highest BCUT2D eigenvalue weighted by Gasteiger charge is 2.26. The van der Waals surface area contributed by atoms with E-state index in [9.17, 15) is 9.90 Å². The average molecular weight is 343 g/mol. The maximum Gasteiger partial charge on any atom is 0.315 e. The first-order valence-electron chi connectivity index (χ1n) is 8.85. The minimum absolute atomic E-state index is 0.108. The lowest BCUT2D eigenvalue weighted by atomic mass is 10.1. The number of hydrogen-bond acceptors (Lipinski definition) is 4. The normalized spacial score (nSPS) is 17.6. The topological polar surface area (TPSA) is 92.1 Å². The van der Waals surface area contributed by atoms with Crippen LogP contribution in [-0.4, -0.2) is 38.6 Å². The van der Waals surface area contributed by atoms with Gasteiger partial charge in [0, 0.05) is 13.0 Å². The summed E-state index contributed by atoms with van der Waals surface area (Å²) in [6, 6.07) is 9.06. The van der Waals surface area contributed by atoms with Gasteiger partial charge in [-0.15, -0.1) is 0 Å². The Labute approximate surface area is 147 Å². The quantitative estimate of drug-likeness (QED) is 0.742. The van der Waals surface area contributed by atoms with E-state index in [1.165, 1.54) is 0 Å². The maximum atomic E-state index is 12.4. The van der Waals surface area contributed by atoms with Crippen molar-refractivity contribution in [3.05, 3.63) is 47.5 Å². The first-order valence-corrected chi connectivity index (χ1v) is 8.85. The van der Waals surface area contributed by atoms with Gasteiger partial charge in [-0.1, -0.05) is 37.3 Å². The van der Waals surface area contributed by atoms with E-state index in [0.29, 0.717) is 6.42 Å². The number of aromatic nitrogens is 3. The van der Waals surface area contributed by atoms with Crippen LogP contribution in [0.1, 0.15) is 43.0 Å². The summed E-state index contributed by atoms with van der Waals surface area (Å²) in [6.45, 7) is 2.75. The molecule has 0 saturated heterocycles. The number of nitrogens with zero attached hydrogens (tertiary/aromatic N) is 3. The molecule has 2 heterocycles. The monoisotopic (exact) mass is 343 g/mol. The molecule has 0 saturated carbocycles. The molecule has 0 radical (unpaired) electrons. The summed E-state index contributed by atoms with van der Waals surface area (Å²) in [5.41, 5.74) is 1.08. The van der Waals surface area contributed by atoms with E-state index in [1.54, 1.807) is 0 Å². The number of benzene rings is 1. The standard InChI is InChI=1S/C18H25N5O2/c1-2-16-21-17-15(9-6-10-23(17)22-16)20-18(25)19-14(12-24)11-13-7-4-3-5-8-13/h3-5,7-8,14-15,24H,2,6,9-12H2,1H3,(H2,19,20,25). The van der Waals surface area contributed by atoms with E-state index >= 15 is 0 Å². The van der Waals surface area contributed by atoms with Crippen LogP contribution in [0.25, 0.3) is 0 Å². The number of aliphatic hydroxyl groups excluding tert-OH is 1. The summed E-state index contributed by atoms with van der Waals surface area (Å²) in [4.78, 5) is 16.9. The van der Waals surface area contributed by atoms with Crippen molar-refractivity contribution in [3.8, 4) is 0 Å². The van der Waals surface area contributed by atoms with E-state index < -0.39 is 0 Å². The number of hydrogen-bond donors (Lipinski definition) is 3. The third-order valence-electron chi connectivity index (χ3n) is 4.42. The lowest BCUT2D eigenvalue weighted by Crippen LogP contribution is -2.46. The van der Waals surface area contributed by atoms with Gasteiger partial charge >= 0.3 is 6.03 Å². The largest absolute Gasteiger partial charge is 0.394 e. The van der Waals surface area contributed by atoms with Crippen molar-refractivity contribution < 1.29 is 9.90 Å². The molecule has 3 N–H and O–H groups in total. The molecule has 0 bridgehead atoms. The average Bonchev–Trinajstić information content (AvgIpc) is 3.06. The summed E-state index contributed by atoms with van der Waals surface area (Å²) >= 11 is 0. The van der Waals surface area contributed by atoms with Gasteiger partial charge in [-0.05, 0) is 24.8 Å². The van der Waals surface area contributed by atoms with Gasteiger partial charge in [0.15, 0.2) is 5.82 Å². The third-order valence-corrected chi connectivity index (χ3v) is 4.42. The molecular formula is C18H25N5O2. The van der Waals surface area contributed by atoms with E-state index in [1.807, 2.05) is 41.9 Å². The summed E-state index contributed by atoms with van der Waals surface area (Å²) in [5.74, 6) is 1.63. The molecule has 7 nitrogen and oxygen atoms in total. The van der Waals surface area contributed by atoms with Crippen LogP contribution in [-0.2, 0) is 19.4 Å². The minimum atomic E-state index is -0.324. The number of rotatable bonds is 6. The Morgan fingerprint density at radius 1 is 1.40 bits per heavy atom. The van der Waals surface area contributed by atoms with Crippen LogP contribution in [0.3, 0.4) is 0 Å². The van der Waals surface area contributed by atoms with Crippen molar-refractivity contribution in [1.29, 1.82) is 0 Å². The van der Waals surface area contributed by atoms with Crippen LogP contribution in [0.5, 0.6) is 0 Å². The predicted octanol–water partition coefficient (Wildman–Crippen LogP) is 1.58. The van der Waals surface area contributed by atoms with Crippen molar-refractivity contribution in [2.24, 2.45) is 0 Å². The Morgan fingerprint density at radius 3 is 2.92 bits per heavy atom. The van der Waals surface area contributed by atoms with E-state index in [4.69, 9.17) is 0 Å². The molecule has 2 unspecified atom stereocenters.